The summed E-state index contributed by atoms with van der Waals surface area (Å²) in [4.78, 5) is 0. The van der Waals surface area contributed by atoms with Crippen LogP contribution < -0.4 is 0 Å². The molecule has 3 rings (SSSR count). The van der Waals surface area contributed by atoms with Crippen molar-refractivity contribution in [2.45, 2.75) is 65.2 Å². The number of benzene rings is 1. The van der Waals surface area contributed by atoms with Gasteiger partial charge in [0.1, 0.15) is 5.75 Å². The number of hydrogen-bond donors (Lipinski definition) is 1. The van der Waals surface area contributed by atoms with E-state index in [1.807, 2.05) is 17.8 Å². The van der Waals surface area contributed by atoms with Crippen molar-refractivity contribution in [2.75, 3.05) is 0 Å². The Morgan fingerprint density at radius 2 is 2.04 bits per heavy atom. The van der Waals surface area contributed by atoms with Gasteiger partial charge in [0.15, 0.2) is 0 Å². The van der Waals surface area contributed by atoms with Crippen LogP contribution in [0.2, 0.25) is 0 Å². The van der Waals surface area contributed by atoms with Crippen LogP contribution in [0.4, 0.5) is 0 Å². The van der Waals surface area contributed by atoms with Crippen molar-refractivity contribution < 1.29 is 5.11 Å². The van der Waals surface area contributed by atoms with E-state index in [9.17, 15) is 5.11 Å². The molecule has 1 heterocycles. The normalized spacial score (nSPS) is 21.5. The molecule has 1 unspecified atom stereocenters. The Labute approximate surface area is 145 Å². The molecule has 1 aromatic heterocycles. The number of rotatable bonds is 4. The van der Waals surface area contributed by atoms with Gasteiger partial charge in [-0.2, -0.15) is 5.10 Å². The Morgan fingerprint density at radius 3 is 2.71 bits per heavy atom. The molecule has 130 valence electrons. The number of hydrogen-bond acceptors (Lipinski definition) is 2. The molecule has 0 saturated carbocycles. The molecule has 0 fully saturated rings. The Kier molecular flexibility index (Phi) is 4.71. The van der Waals surface area contributed by atoms with Crippen molar-refractivity contribution in [1.29, 1.82) is 0 Å². The lowest BCUT2D eigenvalue weighted by molar-refractivity contribution is 0.358. The minimum Gasteiger partial charge on any atom is -0.508 e. The van der Waals surface area contributed by atoms with Crippen LogP contribution in [0.3, 0.4) is 0 Å². The molecule has 0 radical (unpaired) electrons. The molecule has 0 aliphatic heterocycles. The summed E-state index contributed by atoms with van der Waals surface area (Å²) in [5.74, 6) is 2.10. The monoisotopic (exact) mass is 326 g/mol. The molecule has 2 aromatic rings. The first-order valence-electron chi connectivity index (χ1n) is 9.19. The van der Waals surface area contributed by atoms with Gasteiger partial charge < -0.3 is 5.11 Å². The number of aryl methyl sites for hydroxylation is 4. The number of phenolic OH excluding ortho intramolecular Hbond substituents is 1. The predicted molar refractivity (Wildman–Crippen MR) is 98.7 cm³/mol. The lowest BCUT2D eigenvalue weighted by Gasteiger charge is -2.34. The van der Waals surface area contributed by atoms with E-state index < -0.39 is 0 Å². The van der Waals surface area contributed by atoms with E-state index in [-0.39, 0.29) is 0 Å². The van der Waals surface area contributed by atoms with Crippen molar-refractivity contribution in [3.05, 3.63) is 46.3 Å². The van der Waals surface area contributed by atoms with E-state index in [2.05, 4.69) is 45.1 Å². The van der Waals surface area contributed by atoms with E-state index in [0.29, 0.717) is 23.5 Å². The molecule has 1 aliphatic rings. The molecule has 1 aromatic carbocycles. The summed E-state index contributed by atoms with van der Waals surface area (Å²) in [5.41, 5.74) is 6.25. The van der Waals surface area contributed by atoms with Crippen LogP contribution in [0, 0.1) is 19.8 Å². The Bertz CT molecular complexity index is 732. The van der Waals surface area contributed by atoms with Gasteiger partial charge in [0.05, 0.1) is 5.69 Å². The molecular formula is C21H30N2O. The van der Waals surface area contributed by atoms with Gasteiger partial charge in [-0.05, 0) is 80.0 Å². The molecule has 3 atom stereocenters. The standard InChI is InChI=1S/C21H30N2O/c1-13-10-18-17(8-6-15(3)21(18)20(24)11-13)14(2)7-9-19-16(4)12-23(5)22-19/h10-12,14-15,17,24H,6-9H2,1-5H3/t14-,15+,17?/m0/s1. The second-order valence-electron chi connectivity index (χ2n) is 7.82. The first-order valence-corrected chi connectivity index (χ1v) is 9.19. The van der Waals surface area contributed by atoms with E-state index in [0.717, 1.165) is 18.4 Å². The van der Waals surface area contributed by atoms with Gasteiger partial charge >= 0.3 is 0 Å². The molecule has 0 saturated heterocycles. The SMILES string of the molecule is Cc1cc(O)c2c(c1)C([C@@H](C)CCc1nn(C)cc1C)CC[C@H]2C. The summed E-state index contributed by atoms with van der Waals surface area (Å²) in [5, 5.41) is 15.0. The number of nitrogens with zero attached hydrogens (tertiary/aromatic N) is 2. The Balaban J connectivity index is 1.80. The summed E-state index contributed by atoms with van der Waals surface area (Å²) in [7, 11) is 1.99. The Morgan fingerprint density at radius 1 is 1.29 bits per heavy atom. The molecule has 1 N–H and O–H groups in total. The maximum absolute atomic E-state index is 10.4. The van der Waals surface area contributed by atoms with Gasteiger partial charge in [-0.15, -0.1) is 0 Å². The van der Waals surface area contributed by atoms with Crippen LogP contribution in [0.25, 0.3) is 0 Å². The Hall–Kier alpha value is -1.77. The van der Waals surface area contributed by atoms with Crippen molar-refractivity contribution in [2.24, 2.45) is 13.0 Å². The third kappa shape index (κ3) is 3.22. The van der Waals surface area contributed by atoms with Gasteiger partial charge in [0.25, 0.3) is 0 Å². The van der Waals surface area contributed by atoms with Gasteiger partial charge in [-0.1, -0.05) is 19.9 Å². The summed E-state index contributed by atoms with van der Waals surface area (Å²) >= 11 is 0. The number of fused-ring (bicyclic) bond motifs is 1. The lowest BCUT2D eigenvalue weighted by atomic mass is 9.71. The highest BCUT2D eigenvalue weighted by Gasteiger charge is 2.30. The highest BCUT2D eigenvalue weighted by atomic mass is 16.3. The molecule has 24 heavy (non-hydrogen) atoms. The number of aromatic hydroxyl groups is 1. The molecule has 1 aliphatic carbocycles. The second-order valence-corrected chi connectivity index (χ2v) is 7.82. The minimum absolute atomic E-state index is 0.460. The summed E-state index contributed by atoms with van der Waals surface area (Å²) < 4.78 is 1.91. The highest BCUT2D eigenvalue weighted by Crippen LogP contribution is 2.47. The zero-order valence-electron chi connectivity index (χ0n) is 15.6. The second kappa shape index (κ2) is 6.62. The van der Waals surface area contributed by atoms with Gasteiger partial charge in [-0.25, -0.2) is 0 Å². The van der Waals surface area contributed by atoms with Crippen molar-refractivity contribution in [3.8, 4) is 5.75 Å². The van der Waals surface area contributed by atoms with Crippen molar-refractivity contribution in [1.82, 2.24) is 9.78 Å². The number of aromatic nitrogens is 2. The lowest BCUT2D eigenvalue weighted by Crippen LogP contribution is -2.19. The van der Waals surface area contributed by atoms with Crippen LogP contribution in [-0.4, -0.2) is 14.9 Å². The predicted octanol–water partition coefficient (Wildman–Crippen LogP) is 4.99. The fourth-order valence-electron chi connectivity index (χ4n) is 4.44. The molecule has 3 nitrogen and oxygen atoms in total. The first kappa shape index (κ1) is 17.1. The highest BCUT2D eigenvalue weighted by molar-refractivity contribution is 5.48. The van der Waals surface area contributed by atoms with Crippen LogP contribution in [0.5, 0.6) is 5.75 Å². The molecule has 0 amide bonds. The quantitative estimate of drug-likeness (QED) is 0.859. The van der Waals surface area contributed by atoms with Crippen molar-refractivity contribution >= 4 is 0 Å². The van der Waals surface area contributed by atoms with Gasteiger partial charge in [-0.3, -0.25) is 4.68 Å². The number of phenols is 1. The molecular weight excluding hydrogens is 296 g/mol. The summed E-state index contributed by atoms with van der Waals surface area (Å²) in [6.07, 6.45) is 6.66. The molecule has 0 bridgehead atoms. The van der Waals surface area contributed by atoms with Gasteiger partial charge in [0, 0.05) is 18.8 Å². The molecule has 0 spiro atoms. The average molecular weight is 326 g/mol. The maximum atomic E-state index is 10.4. The fraction of sp³-hybridized carbons (Fsp3) is 0.571. The van der Waals surface area contributed by atoms with Crippen molar-refractivity contribution in [3.63, 3.8) is 0 Å². The van der Waals surface area contributed by atoms with Crippen LogP contribution in [-0.2, 0) is 13.5 Å². The van der Waals surface area contributed by atoms with Crippen LogP contribution in [0.15, 0.2) is 18.3 Å². The topological polar surface area (TPSA) is 38.1 Å². The van der Waals surface area contributed by atoms with E-state index >= 15 is 0 Å². The minimum atomic E-state index is 0.460. The average Bonchev–Trinajstić information content (AvgIpc) is 2.82. The zero-order valence-corrected chi connectivity index (χ0v) is 15.6. The first-order chi connectivity index (χ1) is 11.4. The summed E-state index contributed by atoms with van der Waals surface area (Å²) in [6.45, 7) is 8.83. The smallest absolute Gasteiger partial charge is 0.119 e. The maximum Gasteiger partial charge on any atom is 0.119 e. The van der Waals surface area contributed by atoms with Crippen LogP contribution >= 0.6 is 0 Å². The largest absolute Gasteiger partial charge is 0.508 e. The van der Waals surface area contributed by atoms with E-state index in [1.54, 1.807) is 0 Å². The third-order valence-corrected chi connectivity index (χ3v) is 5.77. The summed E-state index contributed by atoms with van der Waals surface area (Å²) in [6, 6.07) is 4.22. The van der Waals surface area contributed by atoms with E-state index in [4.69, 9.17) is 0 Å². The third-order valence-electron chi connectivity index (χ3n) is 5.77. The molecule has 3 heteroatoms. The van der Waals surface area contributed by atoms with E-state index in [1.165, 1.54) is 35.2 Å². The fourth-order valence-corrected chi connectivity index (χ4v) is 4.44. The van der Waals surface area contributed by atoms with Crippen LogP contribution in [0.1, 0.15) is 72.9 Å². The zero-order chi connectivity index (χ0) is 17.4. The van der Waals surface area contributed by atoms with Gasteiger partial charge in [0.2, 0.25) is 0 Å².